The smallest absolute Gasteiger partial charge is 0.380 e. The zero-order valence-corrected chi connectivity index (χ0v) is 16.0. The van der Waals surface area contributed by atoms with E-state index in [1.54, 1.807) is 0 Å². The lowest BCUT2D eigenvalue weighted by molar-refractivity contribution is -0.384. The summed E-state index contributed by atoms with van der Waals surface area (Å²) in [6, 6.07) is 5.44. The van der Waals surface area contributed by atoms with Crippen LogP contribution in [0.2, 0.25) is 0 Å². The molecule has 0 amide bonds. The van der Waals surface area contributed by atoms with Crippen LogP contribution in [0.3, 0.4) is 0 Å². The Balaban J connectivity index is 1.73. The molecule has 1 aliphatic rings. The molecule has 0 saturated carbocycles. The molecule has 1 atom stereocenters. The van der Waals surface area contributed by atoms with Crippen LogP contribution >= 0.6 is 0 Å². The Morgan fingerprint density at radius 2 is 2.04 bits per heavy atom. The highest BCUT2D eigenvalue weighted by molar-refractivity contribution is 5.98. The lowest BCUT2D eigenvalue weighted by Gasteiger charge is -2.33. The van der Waals surface area contributed by atoms with E-state index >= 15 is 0 Å². The molecule has 2 aromatic rings. The summed E-state index contributed by atoms with van der Waals surface area (Å²) in [6.45, 7) is 6.51. The maximum absolute atomic E-state index is 12.4. The first-order chi connectivity index (χ1) is 13.2. The van der Waals surface area contributed by atoms with E-state index in [1.165, 1.54) is 24.3 Å². The fourth-order valence-corrected chi connectivity index (χ4v) is 3.24. The van der Waals surface area contributed by atoms with Crippen molar-refractivity contribution in [1.29, 1.82) is 0 Å². The molecule has 0 saturated heterocycles. The number of nitro groups is 1. The fourth-order valence-electron chi connectivity index (χ4n) is 3.24. The van der Waals surface area contributed by atoms with Crippen LogP contribution < -0.4 is 5.73 Å². The number of hydrogen-bond donors (Lipinski definition) is 1. The molecule has 0 aliphatic heterocycles. The first kappa shape index (κ1) is 19.5. The van der Waals surface area contributed by atoms with Gasteiger partial charge in [0.15, 0.2) is 11.5 Å². The summed E-state index contributed by atoms with van der Waals surface area (Å²) in [7, 11) is 0. The van der Waals surface area contributed by atoms with Crippen LogP contribution in [0, 0.1) is 21.4 Å². The number of benzene rings is 1. The number of fused-ring (bicyclic) bond motifs is 1. The summed E-state index contributed by atoms with van der Waals surface area (Å²) in [5.74, 6) is 0.289. The molecular weight excluding hydrogens is 364 g/mol. The summed E-state index contributed by atoms with van der Waals surface area (Å²) in [5.41, 5.74) is 7.11. The molecule has 1 heterocycles. The van der Waals surface area contributed by atoms with Gasteiger partial charge in [0.05, 0.1) is 4.92 Å². The minimum atomic E-state index is -0.746. The number of aryl methyl sites for hydroxylation is 1. The van der Waals surface area contributed by atoms with Crippen LogP contribution in [0.4, 0.5) is 5.69 Å². The molecule has 2 N–H and O–H groups in total. The maximum atomic E-state index is 12.4. The normalized spacial score (nSPS) is 17.1. The number of non-ortho nitro benzene ring substituents is 1. The summed E-state index contributed by atoms with van der Waals surface area (Å²) >= 11 is 0. The Bertz CT molecular complexity index is 925. The van der Waals surface area contributed by atoms with Gasteiger partial charge in [0.2, 0.25) is 0 Å². The van der Waals surface area contributed by atoms with Crippen LogP contribution in [0.1, 0.15) is 54.6 Å². The van der Waals surface area contributed by atoms with Gasteiger partial charge in [-0.15, -0.1) is 0 Å². The van der Waals surface area contributed by atoms with Gasteiger partial charge in [-0.3, -0.25) is 10.1 Å². The first-order valence-electron chi connectivity index (χ1n) is 8.94. The number of aromatic nitrogens is 1. The van der Waals surface area contributed by atoms with Gasteiger partial charge >= 0.3 is 5.97 Å². The third-order valence-corrected chi connectivity index (χ3v) is 5.06. The number of carbonyl (C=O) groups excluding carboxylic acids is 1. The Labute approximate surface area is 161 Å². The molecular formula is C19H22N4O5. The number of nitro benzene ring substituents is 1. The van der Waals surface area contributed by atoms with Crippen LogP contribution in [0.25, 0.3) is 0 Å². The molecule has 1 unspecified atom stereocenters. The second-order valence-corrected chi connectivity index (χ2v) is 7.90. The predicted octanol–water partition coefficient (Wildman–Crippen LogP) is 3.21. The molecule has 9 nitrogen and oxygen atoms in total. The third-order valence-electron chi connectivity index (χ3n) is 5.06. The summed E-state index contributed by atoms with van der Waals surface area (Å²) in [4.78, 5) is 27.5. The van der Waals surface area contributed by atoms with Gasteiger partial charge in [0.25, 0.3) is 5.69 Å². The van der Waals surface area contributed by atoms with Gasteiger partial charge in [0, 0.05) is 29.7 Å². The molecule has 1 aliphatic carbocycles. The van der Waals surface area contributed by atoms with Crippen molar-refractivity contribution in [3.8, 4) is 0 Å². The highest BCUT2D eigenvalue weighted by Gasteiger charge is 2.34. The Hall–Kier alpha value is -3.23. The topological polar surface area (TPSA) is 134 Å². The van der Waals surface area contributed by atoms with Crippen molar-refractivity contribution < 1.29 is 19.1 Å². The van der Waals surface area contributed by atoms with Gasteiger partial charge in [-0.25, -0.2) is 4.79 Å². The molecule has 0 bridgehead atoms. The lowest BCUT2D eigenvalue weighted by atomic mass is 9.71. The van der Waals surface area contributed by atoms with Crippen LogP contribution in [-0.4, -0.2) is 21.9 Å². The molecule has 1 aromatic carbocycles. The van der Waals surface area contributed by atoms with Crippen LogP contribution in [0.5, 0.6) is 0 Å². The lowest BCUT2D eigenvalue weighted by Crippen LogP contribution is -2.27. The zero-order valence-electron chi connectivity index (χ0n) is 16.0. The number of carbonyl (C=O) groups is 1. The van der Waals surface area contributed by atoms with Gasteiger partial charge in [0.1, 0.15) is 5.76 Å². The molecule has 148 valence electrons. The summed E-state index contributed by atoms with van der Waals surface area (Å²) in [5, 5.41) is 18.2. The maximum Gasteiger partial charge on any atom is 0.387 e. The van der Waals surface area contributed by atoms with E-state index in [2.05, 4.69) is 31.1 Å². The van der Waals surface area contributed by atoms with E-state index in [4.69, 9.17) is 15.1 Å². The Morgan fingerprint density at radius 3 is 2.64 bits per heavy atom. The van der Waals surface area contributed by atoms with Gasteiger partial charge in [-0.05, 0) is 36.3 Å². The highest BCUT2D eigenvalue weighted by Crippen LogP contribution is 2.38. The summed E-state index contributed by atoms with van der Waals surface area (Å²) in [6.07, 6.45) is 2.39. The van der Waals surface area contributed by atoms with Gasteiger partial charge in [-0.2, -0.15) is 0 Å². The van der Waals surface area contributed by atoms with E-state index in [9.17, 15) is 14.9 Å². The SMILES string of the molecule is CC(C)(C)C1CCc2onc(C(=O)O/N=C(\N)c3ccc([N+](=O)[O-])cc3)c2C1. The molecule has 9 heteroatoms. The Kier molecular flexibility index (Phi) is 5.17. The molecule has 3 rings (SSSR count). The van der Waals surface area contributed by atoms with Crippen molar-refractivity contribution in [2.45, 2.75) is 40.0 Å². The van der Waals surface area contributed by atoms with Crippen molar-refractivity contribution in [2.75, 3.05) is 0 Å². The highest BCUT2D eigenvalue weighted by atomic mass is 16.7. The second kappa shape index (κ2) is 7.41. The predicted molar refractivity (Wildman–Crippen MR) is 101 cm³/mol. The number of oxime groups is 1. The van der Waals surface area contributed by atoms with Crippen molar-refractivity contribution in [3.05, 3.63) is 57.0 Å². The molecule has 28 heavy (non-hydrogen) atoms. The molecule has 1 aromatic heterocycles. The van der Waals surface area contributed by atoms with Crippen LogP contribution in [0.15, 0.2) is 33.9 Å². The minimum absolute atomic E-state index is 0.0730. The number of nitrogens with two attached hydrogens (primary N) is 1. The standard InChI is InChI=1S/C19H22N4O5/c1-19(2,3)12-6-9-15-14(10-12)16(21-27-15)18(24)28-22-17(20)11-4-7-13(8-5-11)23(25)26/h4-5,7-8,12H,6,9-10H2,1-3H3,(H2,20,22). The molecule has 0 radical (unpaired) electrons. The fraction of sp³-hybridized carbons (Fsp3) is 0.421. The average molecular weight is 386 g/mol. The van der Waals surface area contributed by atoms with Crippen LogP contribution in [-0.2, 0) is 17.7 Å². The average Bonchev–Trinajstić information content (AvgIpc) is 3.08. The van der Waals surface area contributed by atoms with Crippen molar-refractivity contribution >= 4 is 17.5 Å². The monoisotopic (exact) mass is 386 g/mol. The van der Waals surface area contributed by atoms with Gasteiger partial charge < -0.3 is 15.1 Å². The molecule has 0 spiro atoms. The third kappa shape index (κ3) is 4.03. The van der Waals surface area contributed by atoms with E-state index in [0.29, 0.717) is 23.7 Å². The van der Waals surface area contributed by atoms with E-state index in [-0.39, 0.29) is 22.6 Å². The minimum Gasteiger partial charge on any atom is -0.380 e. The largest absolute Gasteiger partial charge is 0.387 e. The van der Waals surface area contributed by atoms with Crippen molar-refractivity contribution in [2.24, 2.45) is 22.2 Å². The number of hydrogen-bond acceptors (Lipinski definition) is 7. The van der Waals surface area contributed by atoms with E-state index in [0.717, 1.165) is 18.4 Å². The zero-order chi connectivity index (χ0) is 20.5. The summed E-state index contributed by atoms with van der Waals surface area (Å²) < 4.78 is 5.30. The van der Waals surface area contributed by atoms with E-state index < -0.39 is 10.9 Å². The van der Waals surface area contributed by atoms with Crippen molar-refractivity contribution in [1.82, 2.24) is 5.16 Å². The second-order valence-electron chi connectivity index (χ2n) is 7.90. The molecule has 0 fully saturated rings. The Morgan fingerprint density at radius 1 is 1.36 bits per heavy atom. The van der Waals surface area contributed by atoms with E-state index in [1.807, 2.05) is 0 Å². The number of rotatable bonds is 4. The number of nitrogens with zero attached hydrogens (tertiary/aromatic N) is 3. The van der Waals surface area contributed by atoms with Gasteiger partial charge in [-0.1, -0.05) is 31.1 Å². The number of amidine groups is 1. The quantitative estimate of drug-likeness (QED) is 0.280. The van der Waals surface area contributed by atoms with Crippen molar-refractivity contribution in [3.63, 3.8) is 0 Å². The first-order valence-corrected chi connectivity index (χ1v) is 8.94.